The summed E-state index contributed by atoms with van der Waals surface area (Å²) in [7, 11) is -2.12. The van der Waals surface area contributed by atoms with Gasteiger partial charge in [-0.2, -0.15) is 0 Å². The van der Waals surface area contributed by atoms with E-state index in [1.165, 1.54) is 0 Å². The highest BCUT2D eigenvalue weighted by molar-refractivity contribution is 7.93. The molecule has 104 valence electrons. The van der Waals surface area contributed by atoms with Crippen LogP contribution in [0.1, 0.15) is 18.1 Å². The lowest BCUT2D eigenvalue weighted by atomic mass is 10.1. The molecule has 1 aromatic rings. The zero-order chi connectivity index (χ0) is 14.5. The van der Waals surface area contributed by atoms with Gasteiger partial charge in [-0.1, -0.05) is 0 Å². The Balaban J connectivity index is 2.79. The molecule has 1 aliphatic heterocycles. The van der Waals surface area contributed by atoms with Gasteiger partial charge in [-0.25, -0.2) is 8.42 Å². The Morgan fingerprint density at radius 3 is 2.32 bits per heavy atom. The predicted octanol–water partition coefficient (Wildman–Crippen LogP) is 1.37. The number of anilines is 1. The summed E-state index contributed by atoms with van der Waals surface area (Å²) >= 11 is 0. The van der Waals surface area contributed by atoms with E-state index in [-0.39, 0.29) is 4.90 Å². The first-order chi connectivity index (χ1) is 8.67. The lowest BCUT2D eigenvalue weighted by Crippen LogP contribution is -2.51. The Kier molecular flexibility index (Phi) is 3.09. The molecule has 2 unspecified atom stereocenters. The number of benzene rings is 1. The first-order valence-corrected chi connectivity index (χ1v) is 7.53. The van der Waals surface area contributed by atoms with Crippen molar-refractivity contribution in [3.8, 4) is 0 Å². The van der Waals surface area contributed by atoms with Crippen LogP contribution in [0.15, 0.2) is 17.0 Å². The van der Waals surface area contributed by atoms with E-state index in [1.807, 2.05) is 13.8 Å². The largest absolute Gasteiger partial charge is 0.480 e. The van der Waals surface area contributed by atoms with Crippen molar-refractivity contribution < 1.29 is 18.3 Å². The van der Waals surface area contributed by atoms with Crippen molar-refractivity contribution in [3.05, 3.63) is 23.3 Å². The van der Waals surface area contributed by atoms with Gasteiger partial charge in [-0.05, 0) is 44.0 Å². The molecule has 6 heteroatoms. The molecule has 0 saturated carbocycles. The second-order valence-corrected chi connectivity index (χ2v) is 7.10. The second kappa shape index (κ2) is 4.23. The van der Waals surface area contributed by atoms with Crippen molar-refractivity contribution in [2.45, 2.75) is 37.0 Å². The third-order valence-corrected chi connectivity index (χ3v) is 6.09. The van der Waals surface area contributed by atoms with Crippen LogP contribution in [0.25, 0.3) is 0 Å². The van der Waals surface area contributed by atoms with Crippen LogP contribution in [0.3, 0.4) is 0 Å². The second-order valence-electron chi connectivity index (χ2n) is 5.06. The van der Waals surface area contributed by atoms with E-state index >= 15 is 0 Å². The van der Waals surface area contributed by atoms with Gasteiger partial charge in [-0.15, -0.1) is 0 Å². The van der Waals surface area contributed by atoms with Gasteiger partial charge < -0.3 is 10.0 Å². The maximum Gasteiger partial charge on any atom is 0.324 e. The smallest absolute Gasteiger partial charge is 0.324 e. The van der Waals surface area contributed by atoms with E-state index in [4.69, 9.17) is 0 Å². The quantitative estimate of drug-likeness (QED) is 0.842. The Labute approximate surface area is 112 Å². The summed E-state index contributed by atoms with van der Waals surface area (Å²) in [5.41, 5.74) is 2.41. The monoisotopic (exact) mass is 283 g/mol. The number of hydrogen-bond acceptors (Lipinski definition) is 4. The molecule has 0 amide bonds. The molecule has 0 aliphatic carbocycles. The van der Waals surface area contributed by atoms with Gasteiger partial charge in [0.15, 0.2) is 15.1 Å². The van der Waals surface area contributed by atoms with Crippen LogP contribution in [0.4, 0.5) is 5.69 Å². The standard InChI is InChI=1S/C13H17NO4S/c1-7-5-10-11(6-8(7)2)19(17,18)12(13(15)16)9(3)14(10)4/h5-6,9,12H,1-4H3,(H,15,16). The highest BCUT2D eigenvalue weighted by atomic mass is 32.2. The van der Waals surface area contributed by atoms with Crippen molar-refractivity contribution in [1.82, 2.24) is 0 Å². The number of aryl methyl sites for hydroxylation is 2. The van der Waals surface area contributed by atoms with Crippen LogP contribution in [0.5, 0.6) is 0 Å². The highest BCUT2D eigenvalue weighted by Gasteiger charge is 2.46. The highest BCUT2D eigenvalue weighted by Crippen LogP contribution is 2.38. The molecule has 2 rings (SSSR count). The molecule has 0 saturated heterocycles. The molecule has 1 aromatic carbocycles. The molecule has 1 N–H and O–H groups in total. The Hall–Kier alpha value is -1.56. The van der Waals surface area contributed by atoms with E-state index in [0.29, 0.717) is 5.69 Å². The maximum absolute atomic E-state index is 12.5. The van der Waals surface area contributed by atoms with Crippen molar-refractivity contribution in [2.75, 3.05) is 11.9 Å². The molecular weight excluding hydrogens is 266 g/mol. The maximum atomic E-state index is 12.5. The minimum Gasteiger partial charge on any atom is -0.480 e. The van der Waals surface area contributed by atoms with Gasteiger partial charge in [0.1, 0.15) is 0 Å². The minimum absolute atomic E-state index is 0.114. The Morgan fingerprint density at radius 1 is 1.26 bits per heavy atom. The number of hydrogen-bond donors (Lipinski definition) is 1. The molecule has 1 aliphatic rings. The summed E-state index contributed by atoms with van der Waals surface area (Å²) in [6, 6.07) is 2.77. The van der Waals surface area contributed by atoms with Crippen molar-refractivity contribution >= 4 is 21.5 Å². The van der Waals surface area contributed by atoms with E-state index in [0.717, 1.165) is 11.1 Å². The van der Waals surface area contributed by atoms with Crippen LogP contribution in [-0.2, 0) is 14.6 Å². The van der Waals surface area contributed by atoms with Crippen LogP contribution >= 0.6 is 0 Å². The average molecular weight is 283 g/mol. The molecule has 0 fully saturated rings. The van der Waals surface area contributed by atoms with Crippen LogP contribution in [0, 0.1) is 13.8 Å². The molecule has 0 radical (unpaired) electrons. The van der Waals surface area contributed by atoms with Crippen molar-refractivity contribution in [1.29, 1.82) is 0 Å². The molecule has 5 nitrogen and oxygen atoms in total. The van der Waals surface area contributed by atoms with E-state index in [9.17, 15) is 18.3 Å². The molecule has 19 heavy (non-hydrogen) atoms. The number of nitrogens with zero attached hydrogens (tertiary/aromatic N) is 1. The van der Waals surface area contributed by atoms with Gasteiger partial charge in [0, 0.05) is 7.05 Å². The molecular formula is C13H17NO4S. The lowest BCUT2D eigenvalue weighted by Gasteiger charge is -2.37. The SMILES string of the molecule is Cc1cc2c(cc1C)S(=O)(=O)C(C(=O)O)C(C)N2C. The normalized spacial score (nSPS) is 24.9. The number of carboxylic acids is 1. The van der Waals surface area contributed by atoms with Gasteiger partial charge in [0.05, 0.1) is 16.6 Å². The van der Waals surface area contributed by atoms with Gasteiger partial charge in [-0.3, -0.25) is 4.79 Å². The number of fused-ring (bicyclic) bond motifs is 1. The van der Waals surface area contributed by atoms with Crippen molar-refractivity contribution in [2.24, 2.45) is 0 Å². The number of aliphatic carboxylic acids is 1. The molecule has 0 spiro atoms. The molecule has 0 bridgehead atoms. The Bertz CT molecular complexity index is 651. The fraction of sp³-hybridized carbons (Fsp3) is 0.462. The number of rotatable bonds is 1. The number of sulfone groups is 1. The first kappa shape index (κ1) is 13.9. The van der Waals surface area contributed by atoms with Gasteiger partial charge >= 0.3 is 5.97 Å². The predicted molar refractivity (Wildman–Crippen MR) is 72.4 cm³/mol. The molecule has 0 aromatic heterocycles. The fourth-order valence-electron chi connectivity index (χ4n) is 2.44. The lowest BCUT2D eigenvalue weighted by molar-refractivity contribution is -0.136. The number of carbonyl (C=O) groups is 1. The zero-order valence-electron chi connectivity index (χ0n) is 11.3. The molecule has 1 heterocycles. The van der Waals surface area contributed by atoms with Gasteiger partial charge in [0.2, 0.25) is 0 Å². The first-order valence-electron chi connectivity index (χ1n) is 5.98. The summed E-state index contributed by atoms with van der Waals surface area (Å²) in [5, 5.41) is 7.78. The van der Waals surface area contributed by atoms with Crippen molar-refractivity contribution in [3.63, 3.8) is 0 Å². The topological polar surface area (TPSA) is 74.7 Å². The van der Waals surface area contributed by atoms with E-state index in [2.05, 4.69) is 0 Å². The third kappa shape index (κ3) is 1.90. The summed E-state index contributed by atoms with van der Waals surface area (Å²) in [5.74, 6) is -1.30. The zero-order valence-corrected chi connectivity index (χ0v) is 12.2. The fourth-order valence-corrected chi connectivity index (χ4v) is 4.51. The summed E-state index contributed by atoms with van der Waals surface area (Å²) < 4.78 is 24.9. The van der Waals surface area contributed by atoms with Crippen LogP contribution in [0.2, 0.25) is 0 Å². The van der Waals surface area contributed by atoms with Crippen LogP contribution in [-0.4, -0.2) is 37.8 Å². The Morgan fingerprint density at radius 2 is 1.79 bits per heavy atom. The van der Waals surface area contributed by atoms with Gasteiger partial charge in [0.25, 0.3) is 0 Å². The minimum atomic E-state index is -3.84. The third-order valence-electron chi connectivity index (χ3n) is 3.89. The van der Waals surface area contributed by atoms with E-state index < -0.39 is 27.1 Å². The molecule has 2 atom stereocenters. The van der Waals surface area contributed by atoms with Crippen LogP contribution < -0.4 is 4.90 Å². The average Bonchev–Trinajstić information content (AvgIpc) is 2.28. The summed E-state index contributed by atoms with van der Waals surface area (Å²) in [4.78, 5) is 13.1. The summed E-state index contributed by atoms with van der Waals surface area (Å²) in [6.45, 7) is 5.34. The summed E-state index contributed by atoms with van der Waals surface area (Å²) in [6.07, 6.45) is 0. The number of carboxylic acid groups (broad SMARTS) is 1. The van der Waals surface area contributed by atoms with E-state index in [1.54, 1.807) is 31.0 Å².